The monoisotopic (exact) mass is 296 g/mol. The lowest BCUT2D eigenvalue weighted by atomic mass is 10.2. The number of aryl methyl sites for hydroxylation is 2. The third-order valence-corrected chi connectivity index (χ3v) is 5.39. The first-order chi connectivity index (χ1) is 8.92. The van der Waals surface area contributed by atoms with E-state index in [0.717, 1.165) is 15.3 Å². The van der Waals surface area contributed by atoms with Gasteiger partial charge in [0.25, 0.3) is 10.0 Å². The Kier molecular flexibility index (Phi) is 3.93. The molecule has 6 heteroatoms. The zero-order valence-corrected chi connectivity index (χ0v) is 12.4. The van der Waals surface area contributed by atoms with Crippen LogP contribution >= 0.6 is 11.3 Å². The summed E-state index contributed by atoms with van der Waals surface area (Å²) in [7, 11) is -3.55. The van der Waals surface area contributed by atoms with Crippen molar-refractivity contribution in [2.24, 2.45) is 5.73 Å². The van der Waals surface area contributed by atoms with Gasteiger partial charge in [-0.1, -0.05) is 12.1 Å². The molecule has 0 radical (unpaired) electrons. The lowest BCUT2D eigenvalue weighted by Gasteiger charge is -2.08. The van der Waals surface area contributed by atoms with E-state index >= 15 is 0 Å². The van der Waals surface area contributed by atoms with Crippen molar-refractivity contribution in [2.75, 3.05) is 4.72 Å². The number of anilines is 1. The van der Waals surface area contributed by atoms with E-state index in [4.69, 9.17) is 5.73 Å². The van der Waals surface area contributed by atoms with E-state index in [-0.39, 0.29) is 0 Å². The number of hydrogen-bond donors (Lipinski definition) is 2. The minimum Gasteiger partial charge on any atom is -0.326 e. The van der Waals surface area contributed by atoms with Gasteiger partial charge in [-0.15, -0.1) is 11.3 Å². The molecular weight excluding hydrogens is 280 g/mol. The predicted molar refractivity (Wildman–Crippen MR) is 78.9 cm³/mol. The smallest absolute Gasteiger partial charge is 0.263 e. The molecule has 0 aliphatic carbocycles. The highest BCUT2D eigenvalue weighted by atomic mass is 32.2. The molecule has 2 rings (SSSR count). The zero-order chi connectivity index (χ0) is 14.0. The molecule has 102 valence electrons. The summed E-state index contributed by atoms with van der Waals surface area (Å²) >= 11 is 1.41. The van der Waals surface area contributed by atoms with Crippen molar-refractivity contribution in [2.45, 2.75) is 25.3 Å². The molecule has 0 saturated carbocycles. The maximum absolute atomic E-state index is 12.3. The number of nitrogens with two attached hydrogens (primary N) is 1. The van der Waals surface area contributed by atoms with Gasteiger partial charge in [0.2, 0.25) is 0 Å². The first-order valence-electron chi connectivity index (χ1n) is 5.81. The predicted octanol–water partition coefficient (Wildman–Crippen LogP) is 2.62. The molecule has 19 heavy (non-hydrogen) atoms. The third-order valence-electron chi connectivity index (χ3n) is 2.68. The Balaban J connectivity index is 2.34. The highest BCUT2D eigenvalue weighted by molar-refractivity contribution is 7.93. The van der Waals surface area contributed by atoms with Gasteiger partial charge in [0, 0.05) is 22.0 Å². The molecule has 0 fully saturated rings. The molecule has 0 unspecified atom stereocenters. The standard InChI is InChI=1S/C13H16N2O2S2/c1-9-4-3-5-11(6-9)15-19(16,17)13-7-12(8-14)18-10(13)2/h3-7,15H,8,14H2,1-2H3. The number of thiophene rings is 1. The first kappa shape index (κ1) is 14.0. The van der Waals surface area contributed by atoms with Gasteiger partial charge in [-0.3, -0.25) is 4.72 Å². The van der Waals surface area contributed by atoms with E-state index < -0.39 is 10.0 Å². The van der Waals surface area contributed by atoms with Crippen molar-refractivity contribution in [3.8, 4) is 0 Å². The van der Waals surface area contributed by atoms with Crippen LogP contribution < -0.4 is 10.5 Å². The summed E-state index contributed by atoms with van der Waals surface area (Å²) < 4.78 is 27.2. The molecule has 0 atom stereocenters. The Hall–Kier alpha value is -1.37. The summed E-state index contributed by atoms with van der Waals surface area (Å²) in [4.78, 5) is 1.92. The van der Waals surface area contributed by atoms with Crippen molar-refractivity contribution < 1.29 is 8.42 Å². The largest absolute Gasteiger partial charge is 0.326 e. The number of sulfonamides is 1. The second-order valence-corrected chi connectivity index (χ2v) is 7.30. The summed E-state index contributed by atoms with van der Waals surface area (Å²) in [5.41, 5.74) is 7.12. The van der Waals surface area contributed by atoms with Crippen molar-refractivity contribution in [1.82, 2.24) is 0 Å². The Morgan fingerprint density at radius 3 is 2.58 bits per heavy atom. The van der Waals surface area contributed by atoms with Gasteiger partial charge in [-0.2, -0.15) is 0 Å². The number of rotatable bonds is 4. The molecule has 1 aromatic carbocycles. The third kappa shape index (κ3) is 3.15. The summed E-state index contributed by atoms with van der Waals surface area (Å²) in [6, 6.07) is 8.90. The summed E-state index contributed by atoms with van der Waals surface area (Å²) in [6.07, 6.45) is 0. The van der Waals surface area contributed by atoms with E-state index in [9.17, 15) is 8.42 Å². The quantitative estimate of drug-likeness (QED) is 0.911. The molecule has 2 aromatic rings. The van der Waals surface area contributed by atoms with Crippen molar-refractivity contribution >= 4 is 27.0 Å². The van der Waals surface area contributed by atoms with Crippen LogP contribution in [-0.4, -0.2) is 8.42 Å². The number of hydrogen-bond acceptors (Lipinski definition) is 4. The average molecular weight is 296 g/mol. The SMILES string of the molecule is Cc1cccc(NS(=O)(=O)c2cc(CN)sc2C)c1. The van der Waals surface area contributed by atoms with E-state index in [0.29, 0.717) is 17.1 Å². The van der Waals surface area contributed by atoms with Crippen LogP contribution in [0.2, 0.25) is 0 Å². The van der Waals surface area contributed by atoms with Gasteiger partial charge < -0.3 is 5.73 Å². The lowest BCUT2D eigenvalue weighted by Crippen LogP contribution is -2.13. The molecule has 0 bridgehead atoms. The van der Waals surface area contributed by atoms with Gasteiger partial charge in [0.05, 0.1) is 0 Å². The molecule has 0 amide bonds. The summed E-state index contributed by atoms with van der Waals surface area (Å²) in [5, 5.41) is 0. The zero-order valence-electron chi connectivity index (χ0n) is 10.8. The van der Waals surface area contributed by atoms with Crippen LogP contribution in [-0.2, 0) is 16.6 Å². The molecule has 4 nitrogen and oxygen atoms in total. The lowest BCUT2D eigenvalue weighted by molar-refractivity contribution is 0.601. The normalized spacial score (nSPS) is 11.5. The Labute approximate surface area is 117 Å². The summed E-state index contributed by atoms with van der Waals surface area (Å²) in [5.74, 6) is 0. The second kappa shape index (κ2) is 5.32. The highest BCUT2D eigenvalue weighted by Crippen LogP contribution is 2.27. The van der Waals surface area contributed by atoms with Crippen LogP contribution in [0.3, 0.4) is 0 Å². The topological polar surface area (TPSA) is 72.2 Å². The van der Waals surface area contributed by atoms with Gasteiger partial charge >= 0.3 is 0 Å². The Bertz CT molecular complexity index is 690. The first-order valence-corrected chi connectivity index (χ1v) is 8.11. The fourth-order valence-corrected chi connectivity index (χ4v) is 4.38. The van der Waals surface area contributed by atoms with Crippen molar-refractivity contribution in [1.29, 1.82) is 0 Å². The molecular formula is C13H16N2O2S2. The van der Waals surface area contributed by atoms with Crippen LogP contribution in [0.15, 0.2) is 35.2 Å². The molecule has 0 aliphatic heterocycles. The highest BCUT2D eigenvalue weighted by Gasteiger charge is 2.19. The van der Waals surface area contributed by atoms with Crippen LogP contribution in [0.5, 0.6) is 0 Å². The minimum atomic E-state index is -3.55. The van der Waals surface area contributed by atoms with E-state index in [1.165, 1.54) is 11.3 Å². The van der Waals surface area contributed by atoms with Crippen LogP contribution in [0.4, 0.5) is 5.69 Å². The minimum absolute atomic E-state index is 0.305. The molecule has 3 N–H and O–H groups in total. The fraction of sp³-hybridized carbons (Fsp3) is 0.231. The average Bonchev–Trinajstić information content (AvgIpc) is 2.71. The van der Waals surface area contributed by atoms with Crippen LogP contribution in [0, 0.1) is 13.8 Å². The second-order valence-electron chi connectivity index (χ2n) is 4.31. The Morgan fingerprint density at radius 2 is 2.00 bits per heavy atom. The van der Waals surface area contributed by atoms with E-state index in [2.05, 4.69) is 4.72 Å². The molecule has 0 spiro atoms. The maximum atomic E-state index is 12.3. The number of benzene rings is 1. The van der Waals surface area contributed by atoms with Gasteiger partial charge in [0.1, 0.15) is 4.90 Å². The number of nitrogens with one attached hydrogen (secondary N) is 1. The van der Waals surface area contributed by atoms with Crippen LogP contribution in [0.25, 0.3) is 0 Å². The van der Waals surface area contributed by atoms with Crippen molar-refractivity contribution in [3.63, 3.8) is 0 Å². The summed E-state index contributed by atoms with van der Waals surface area (Å²) in [6.45, 7) is 4.06. The van der Waals surface area contributed by atoms with E-state index in [1.54, 1.807) is 25.1 Å². The molecule has 1 heterocycles. The van der Waals surface area contributed by atoms with Gasteiger partial charge in [-0.05, 0) is 37.6 Å². The molecule has 1 aromatic heterocycles. The van der Waals surface area contributed by atoms with Crippen molar-refractivity contribution in [3.05, 3.63) is 45.6 Å². The molecule has 0 saturated heterocycles. The fourth-order valence-electron chi connectivity index (χ4n) is 1.81. The maximum Gasteiger partial charge on any atom is 0.263 e. The van der Waals surface area contributed by atoms with Crippen LogP contribution in [0.1, 0.15) is 15.3 Å². The Morgan fingerprint density at radius 1 is 1.26 bits per heavy atom. The van der Waals surface area contributed by atoms with Gasteiger partial charge in [-0.25, -0.2) is 8.42 Å². The van der Waals surface area contributed by atoms with Gasteiger partial charge in [0.15, 0.2) is 0 Å². The molecule has 0 aliphatic rings. The van der Waals surface area contributed by atoms with E-state index in [1.807, 2.05) is 19.1 Å².